The molecule has 0 aliphatic rings. The summed E-state index contributed by atoms with van der Waals surface area (Å²) in [6.07, 6.45) is -5.09. The molecule has 2 N–H and O–H groups in total. The van der Waals surface area contributed by atoms with E-state index in [2.05, 4.69) is 17.2 Å². The van der Waals surface area contributed by atoms with Crippen molar-refractivity contribution in [3.05, 3.63) is 34.3 Å². The van der Waals surface area contributed by atoms with Crippen molar-refractivity contribution < 1.29 is 23.1 Å². The van der Waals surface area contributed by atoms with Gasteiger partial charge in [0.05, 0.1) is 18.1 Å². The van der Waals surface area contributed by atoms with Crippen molar-refractivity contribution in [1.82, 2.24) is 5.32 Å². The second-order valence-corrected chi connectivity index (χ2v) is 4.50. The predicted octanol–water partition coefficient (Wildman–Crippen LogP) is 2.76. The van der Waals surface area contributed by atoms with Crippen LogP contribution in [0.1, 0.15) is 28.8 Å². The van der Waals surface area contributed by atoms with Gasteiger partial charge in [0.15, 0.2) is 0 Å². The minimum Gasteiger partial charge on any atom is -0.395 e. The Kier molecular flexibility index (Phi) is 6.53. The Labute approximate surface area is 125 Å². The van der Waals surface area contributed by atoms with Crippen molar-refractivity contribution >= 4 is 17.5 Å². The fraction of sp³-hybridized carbons (Fsp3) is 0.357. The van der Waals surface area contributed by atoms with Gasteiger partial charge in [0, 0.05) is 24.1 Å². The Balaban J connectivity index is 2.66. The average Bonchev–Trinajstić information content (AvgIpc) is 2.39. The van der Waals surface area contributed by atoms with Gasteiger partial charge >= 0.3 is 6.18 Å². The van der Waals surface area contributed by atoms with E-state index in [1.807, 2.05) is 0 Å². The molecule has 1 aromatic carbocycles. The Morgan fingerprint density at radius 1 is 1.38 bits per heavy atom. The molecule has 0 spiro atoms. The molecule has 0 aromatic heterocycles. The number of aliphatic hydroxyl groups is 1. The number of hydrogen-bond acceptors (Lipinski definition) is 2. The van der Waals surface area contributed by atoms with Gasteiger partial charge in [-0.25, -0.2) is 0 Å². The number of carbonyl (C=O) groups is 1. The van der Waals surface area contributed by atoms with E-state index in [9.17, 15) is 18.0 Å². The molecule has 0 heterocycles. The summed E-state index contributed by atoms with van der Waals surface area (Å²) in [5.74, 6) is 4.77. The average molecular weight is 320 g/mol. The maximum Gasteiger partial charge on any atom is 0.390 e. The van der Waals surface area contributed by atoms with Crippen LogP contribution < -0.4 is 5.32 Å². The summed E-state index contributed by atoms with van der Waals surface area (Å²) in [5.41, 5.74) is 0.645. The summed E-state index contributed by atoms with van der Waals surface area (Å²) in [4.78, 5) is 11.6. The number of alkyl halides is 3. The molecule has 1 aromatic rings. The van der Waals surface area contributed by atoms with Crippen LogP contribution >= 0.6 is 11.6 Å². The molecule has 114 valence electrons. The number of carbonyl (C=O) groups excluding carboxylic acids is 1. The summed E-state index contributed by atoms with van der Waals surface area (Å²) in [5, 5.41) is 11.0. The molecular weight excluding hydrogens is 307 g/mol. The van der Waals surface area contributed by atoms with Gasteiger partial charge in [-0.15, -0.1) is 0 Å². The van der Waals surface area contributed by atoms with E-state index in [0.717, 1.165) is 0 Å². The van der Waals surface area contributed by atoms with Crippen molar-refractivity contribution in [3.63, 3.8) is 0 Å². The summed E-state index contributed by atoms with van der Waals surface area (Å²) in [6.45, 7) is -0.553. The molecule has 1 amide bonds. The molecule has 0 unspecified atom stereocenters. The summed E-state index contributed by atoms with van der Waals surface area (Å²) in [7, 11) is 0. The number of hydrogen-bond donors (Lipinski definition) is 2. The minimum absolute atomic E-state index is 0.0652. The van der Waals surface area contributed by atoms with E-state index in [-0.39, 0.29) is 17.2 Å². The monoisotopic (exact) mass is 319 g/mol. The number of nitrogens with one attached hydrogen (secondary N) is 1. The third kappa shape index (κ3) is 6.52. The van der Waals surface area contributed by atoms with Gasteiger partial charge < -0.3 is 10.4 Å². The smallest absolute Gasteiger partial charge is 0.390 e. The lowest BCUT2D eigenvalue weighted by Gasteiger charge is -2.08. The molecule has 0 bridgehead atoms. The van der Waals surface area contributed by atoms with Crippen LogP contribution in [0.4, 0.5) is 13.2 Å². The van der Waals surface area contributed by atoms with Gasteiger partial charge in [0.25, 0.3) is 5.91 Å². The SMILES string of the molecule is O=C(NCCC(F)(F)F)c1ccc(C#CCCO)c(Cl)c1. The van der Waals surface area contributed by atoms with E-state index in [1.54, 1.807) is 0 Å². The number of amides is 1. The van der Waals surface area contributed by atoms with Crippen molar-refractivity contribution in [2.24, 2.45) is 0 Å². The number of halogens is 4. The normalized spacial score (nSPS) is 10.7. The molecule has 0 fully saturated rings. The maximum absolute atomic E-state index is 12.0. The first kappa shape index (κ1) is 17.3. The first-order valence-corrected chi connectivity index (χ1v) is 6.45. The van der Waals surface area contributed by atoms with Crippen molar-refractivity contribution in [1.29, 1.82) is 0 Å². The van der Waals surface area contributed by atoms with E-state index in [0.29, 0.717) is 12.0 Å². The predicted molar refractivity (Wildman–Crippen MR) is 73.0 cm³/mol. The van der Waals surface area contributed by atoms with Gasteiger partial charge in [-0.1, -0.05) is 23.4 Å². The highest BCUT2D eigenvalue weighted by Gasteiger charge is 2.26. The van der Waals surface area contributed by atoms with E-state index >= 15 is 0 Å². The molecule has 0 radical (unpaired) electrons. The summed E-state index contributed by atoms with van der Waals surface area (Å²) in [6, 6.07) is 4.27. The number of benzene rings is 1. The zero-order chi connectivity index (χ0) is 15.9. The minimum atomic E-state index is -4.31. The van der Waals surface area contributed by atoms with Crippen LogP contribution in [0.5, 0.6) is 0 Å². The quantitative estimate of drug-likeness (QED) is 0.838. The first-order valence-electron chi connectivity index (χ1n) is 6.07. The Hall–Kier alpha value is -1.71. The van der Waals surface area contributed by atoms with Gasteiger partial charge in [-0.3, -0.25) is 4.79 Å². The molecule has 0 aliphatic carbocycles. The van der Waals surface area contributed by atoms with Gasteiger partial charge in [-0.05, 0) is 18.2 Å². The van der Waals surface area contributed by atoms with Crippen LogP contribution in [0.2, 0.25) is 5.02 Å². The van der Waals surface area contributed by atoms with Crippen LogP contribution in [0.15, 0.2) is 18.2 Å². The lowest BCUT2D eigenvalue weighted by molar-refractivity contribution is -0.132. The van der Waals surface area contributed by atoms with Crippen LogP contribution in [-0.2, 0) is 0 Å². The highest BCUT2D eigenvalue weighted by Crippen LogP contribution is 2.19. The molecule has 3 nitrogen and oxygen atoms in total. The van der Waals surface area contributed by atoms with Crippen LogP contribution in [0, 0.1) is 11.8 Å². The Morgan fingerprint density at radius 3 is 2.67 bits per heavy atom. The van der Waals surface area contributed by atoms with Crippen LogP contribution in [-0.4, -0.2) is 30.3 Å². The van der Waals surface area contributed by atoms with E-state index < -0.39 is 25.0 Å². The van der Waals surface area contributed by atoms with E-state index in [4.69, 9.17) is 16.7 Å². The highest BCUT2D eigenvalue weighted by atomic mass is 35.5. The molecule has 0 aliphatic heterocycles. The standard InChI is InChI=1S/C14H13ClF3NO2/c15-12-9-11(5-4-10(12)3-1-2-8-20)13(21)19-7-6-14(16,17)18/h4-5,9,20H,2,6-8H2,(H,19,21). The lowest BCUT2D eigenvalue weighted by atomic mass is 10.1. The third-order valence-electron chi connectivity index (χ3n) is 2.39. The lowest BCUT2D eigenvalue weighted by Crippen LogP contribution is -2.27. The van der Waals surface area contributed by atoms with Crippen molar-refractivity contribution in [3.8, 4) is 11.8 Å². The van der Waals surface area contributed by atoms with Crippen LogP contribution in [0.3, 0.4) is 0 Å². The second kappa shape index (κ2) is 7.91. The molecule has 1 rings (SSSR count). The largest absolute Gasteiger partial charge is 0.395 e. The maximum atomic E-state index is 12.0. The van der Waals surface area contributed by atoms with E-state index in [1.165, 1.54) is 18.2 Å². The third-order valence-corrected chi connectivity index (χ3v) is 2.70. The highest BCUT2D eigenvalue weighted by molar-refractivity contribution is 6.32. The van der Waals surface area contributed by atoms with Gasteiger partial charge in [0.1, 0.15) is 0 Å². The second-order valence-electron chi connectivity index (χ2n) is 4.09. The zero-order valence-electron chi connectivity index (χ0n) is 10.9. The topological polar surface area (TPSA) is 49.3 Å². The molecule has 21 heavy (non-hydrogen) atoms. The zero-order valence-corrected chi connectivity index (χ0v) is 11.7. The molecule has 0 atom stereocenters. The Bertz CT molecular complexity index is 562. The molecule has 0 saturated carbocycles. The first-order chi connectivity index (χ1) is 9.83. The fourth-order valence-corrected chi connectivity index (χ4v) is 1.62. The molecular formula is C14H13ClF3NO2. The number of rotatable bonds is 4. The fourth-order valence-electron chi connectivity index (χ4n) is 1.39. The summed E-state index contributed by atoms with van der Waals surface area (Å²) >= 11 is 5.93. The van der Waals surface area contributed by atoms with Gasteiger partial charge in [-0.2, -0.15) is 13.2 Å². The number of aliphatic hydroxyl groups excluding tert-OH is 1. The van der Waals surface area contributed by atoms with Crippen molar-refractivity contribution in [2.75, 3.05) is 13.2 Å². The summed E-state index contributed by atoms with van der Waals surface area (Å²) < 4.78 is 35.9. The molecule has 7 heteroatoms. The molecule has 0 saturated heterocycles. The van der Waals surface area contributed by atoms with Crippen LogP contribution in [0.25, 0.3) is 0 Å². The van der Waals surface area contributed by atoms with Crippen molar-refractivity contribution in [2.45, 2.75) is 19.0 Å². The van der Waals surface area contributed by atoms with Gasteiger partial charge in [0.2, 0.25) is 0 Å². The Morgan fingerprint density at radius 2 is 2.10 bits per heavy atom.